The Kier molecular flexibility index (Phi) is 4.84. The standard InChI is InChI=1S/C28H20FN3O/c1-18-6-8-21(9-7-18)27(33)26-25(20-10-13-22(29)14-11-20)28(16-30,17-31)24-15-12-19-4-2-3-5-23(19)32(24)26/h2-15,24-26H,1H3. The monoisotopic (exact) mass is 433 g/mol. The molecule has 3 atom stereocenters. The minimum absolute atomic E-state index is 0.174. The number of ketones is 1. The quantitative estimate of drug-likeness (QED) is 0.518. The van der Waals surface area contributed by atoms with Gasteiger partial charge in [0, 0.05) is 17.2 Å². The summed E-state index contributed by atoms with van der Waals surface area (Å²) in [7, 11) is 0. The van der Waals surface area contributed by atoms with Crippen molar-refractivity contribution in [1.29, 1.82) is 10.5 Å². The lowest BCUT2D eigenvalue weighted by atomic mass is 9.69. The zero-order valence-electron chi connectivity index (χ0n) is 17.9. The largest absolute Gasteiger partial charge is 0.351 e. The SMILES string of the molecule is Cc1ccc(C(=O)C2C(c3ccc(F)cc3)C(C#N)(C#N)C3C=Cc4ccccc4N23)cc1. The first kappa shape index (κ1) is 20.7. The number of anilines is 1. The third-order valence-corrected chi connectivity index (χ3v) is 6.75. The molecule has 3 aromatic rings. The lowest BCUT2D eigenvalue weighted by Crippen LogP contribution is -2.44. The molecule has 0 amide bonds. The molecule has 0 spiro atoms. The Morgan fingerprint density at radius 1 is 0.970 bits per heavy atom. The fraction of sp³-hybridized carbons (Fsp3) is 0.179. The van der Waals surface area contributed by atoms with Gasteiger partial charge in [-0.25, -0.2) is 4.39 Å². The van der Waals surface area contributed by atoms with Gasteiger partial charge in [-0.2, -0.15) is 10.5 Å². The number of nitrogens with zero attached hydrogens (tertiary/aromatic N) is 3. The minimum atomic E-state index is -1.53. The molecule has 33 heavy (non-hydrogen) atoms. The van der Waals surface area contributed by atoms with Crippen molar-refractivity contribution in [2.45, 2.75) is 24.9 Å². The Hall–Kier alpha value is -4.22. The van der Waals surface area contributed by atoms with Crippen LogP contribution < -0.4 is 4.90 Å². The van der Waals surface area contributed by atoms with Gasteiger partial charge in [0.1, 0.15) is 11.9 Å². The van der Waals surface area contributed by atoms with E-state index in [0.29, 0.717) is 11.1 Å². The lowest BCUT2D eigenvalue weighted by Gasteiger charge is -2.35. The molecule has 5 heteroatoms. The van der Waals surface area contributed by atoms with Crippen LogP contribution in [0.1, 0.15) is 33.0 Å². The van der Waals surface area contributed by atoms with Gasteiger partial charge in [-0.15, -0.1) is 0 Å². The van der Waals surface area contributed by atoms with E-state index in [9.17, 15) is 19.7 Å². The number of rotatable bonds is 3. The lowest BCUT2D eigenvalue weighted by molar-refractivity contribution is 0.0951. The number of fused-ring (bicyclic) bond motifs is 3. The Balaban J connectivity index is 1.78. The molecular formula is C28H20FN3O. The van der Waals surface area contributed by atoms with Crippen LogP contribution in [0.2, 0.25) is 0 Å². The van der Waals surface area contributed by atoms with E-state index < -0.39 is 29.2 Å². The maximum atomic E-state index is 14.0. The summed E-state index contributed by atoms with van der Waals surface area (Å²) in [6, 6.07) is 23.8. The summed E-state index contributed by atoms with van der Waals surface area (Å²) in [5.74, 6) is -1.37. The van der Waals surface area contributed by atoms with E-state index in [0.717, 1.165) is 16.8 Å². The first-order valence-corrected chi connectivity index (χ1v) is 10.7. The third-order valence-electron chi connectivity index (χ3n) is 6.75. The van der Waals surface area contributed by atoms with Crippen LogP contribution in [0.25, 0.3) is 6.08 Å². The zero-order valence-corrected chi connectivity index (χ0v) is 17.9. The fourth-order valence-electron chi connectivity index (χ4n) is 5.17. The predicted molar refractivity (Wildman–Crippen MR) is 124 cm³/mol. The number of aryl methyl sites for hydroxylation is 1. The zero-order chi connectivity index (χ0) is 23.2. The molecule has 2 heterocycles. The van der Waals surface area contributed by atoms with Gasteiger partial charge < -0.3 is 4.90 Å². The maximum Gasteiger partial charge on any atom is 0.185 e. The van der Waals surface area contributed by atoms with Crippen LogP contribution in [0.4, 0.5) is 10.1 Å². The molecule has 1 fully saturated rings. The van der Waals surface area contributed by atoms with Gasteiger partial charge in [-0.05, 0) is 36.2 Å². The van der Waals surface area contributed by atoms with Crippen LogP contribution in [0.3, 0.4) is 0 Å². The van der Waals surface area contributed by atoms with Gasteiger partial charge in [0.25, 0.3) is 0 Å². The van der Waals surface area contributed by atoms with Gasteiger partial charge in [0.15, 0.2) is 11.2 Å². The van der Waals surface area contributed by atoms with Gasteiger partial charge in [0.05, 0.1) is 18.2 Å². The second-order valence-corrected chi connectivity index (χ2v) is 8.57. The summed E-state index contributed by atoms with van der Waals surface area (Å²) in [5, 5.41) is 20.8. The number of halogens is 1. The Bertz CT molecular complexity index is 1330. The summed E-state index contributed by atoms with van der Waals surface area (Å²) in [6.07, 6.45) is 3.74. The Morgan fingerprint density at radius 2 is 1.64 bits per heavy atom. The van der Waals surface area contributed by atoms with Crippen LogP contribution in [0.5, 0.6) is 0 Å². The molecule has 3 unspecified atom stereocenters. The van der Waals surface area contributed by atoms with Crippen molar-refractivity contribution in [3.05, 3.63) is 107 Å². The third kappa shape index (κ3) is 3.05. The molecule has 5 rings (SSSR count). The summed E-state index contributed by atoms with van der Waals surface area (Å²) >= 11 is 0. The molecule has 4 nitrogen and oxygen atoms in total. The number of Topliss-reactive ketones (excluding diaryl/α,β-unsaturated/α-hetero) is 1. The van der Waals surface area contributed by atoms with E-state index in [4.69, 9.17) is 0 Å². The van der Waals surface area contributed by atoms with E-state index in [1.807, 2.05) is 60.4 Å². The van der Waals surface area contributed by atoms with E-state index in [-0.39, 0.29) is 5.78 Å². The first-order chi connectivity index (χ1) is 16.0. The Morgan fingerprint density at radius 3 is 2.30 bits per heavy atom. The van der Waals surface area contributed by atoms with E-state index in [2.05, 4.69) is 12.1 Å². The van der Waals surface area contributed by atoms with Crippen molar-refractivity contribution in [1.82, 2.24) is 0 Å². The molecule has 0 bridgehead atoms. The summed E-state index contributed by atoms with van der Waals surface area (Å²) in [4.78, 5) is 15.9. The minimum Gasteiger partial charge on any atom is -0.351 e. The Labute approximate surface area is 191 Å². The van der Waals surface area contributed by atoms with Crippen molar-refractivity contribution >= 4 is 17.5 Å². The highest BCUT2D eigenvalue weighted by Crippen LogP contribution is 2.55. The van der Waals surface area contributed by atoms with Crippen LogP contribution in [0.15, 0.2) is 78.9 Å². The molecule has 2 aliphatic heterocycles. The van der Waals surface area contributed by atoms with Gasteiger partial charge in [0.2, 0.25) is 0 Å². The van der Waals surface area contributed by atoms with Crippen molar-refractivity contribution in [2.75, 3.05) is 4.90 Å². The topological polar surface area (TPSA) is 67.9 Å². The highest BCUT2D eigenvalue weighted by atomic mass is 19.1. The van der Waals surface area contributed by atoms with Gasteiger partial charge >= 0.3 is 0 Å². The molecular weight excluding hydrogens is 413 g/mol. The average molecular weight is 433 g/mol. The van der Waals surface area contributed by atoms with Gasteiger partial charge in [-0.1, -0.05) is 72.3 Å². The molecule has 0 radical (unpaired) electrons. The maximum absolute atomic E-state index is 14.0. The van der Waals surface area contributed by atoms with Crippen molar-refractivity contribution < 1.29 is 9.18 Å². The average Bonchev–Trinajstić information content (AvgIpc) is 3.15. The van der Waals surface area contributed by atoms with E-state index >= 15 is 0 Å². The molecule has 160 valence electrons. The number of para-hydroxylation sites is 1. The second kappa shape index (κ2) is 7.73. The molecule has 3 aromatic carbocycles. The summed E-state index contributed by atoms with van der Waals surface area (Å²) in [6.45, 7) is 1.95. The van der Waals surface area contributed by atoms with E-state index in [1.54, 1.807) is 24.3 Å². The second-order valence-electron chi connectivity index (χ2n) is 8.57. The number of hydrogen-bond acceptors (Lipinski definition) is 4. The molecule has 0 aliphatic carbocycles. The van der Waals surface area contributed by atoms with Gasteiger partial charge in [-0.3, -0.25) is 4.79 Å². The molecule has 0 N–H and O–H groups in total. The molecule has 1 saturated heterocycles. The number of carbonyl (C=O) groups is 1. The highest BCUT2D eigenvalue weighted by molar-refractivity contribution is 6.04. The number of nitriles is 2. The molecule has 0 aromatic heterocycles. The first-order valence-electron chi connectivity index (χ1n) is 10.7. The predicted octanol–water partition coefficient (Wildman–Crippen LogP) is 5.42. The van der Waals surface area contributed by atoms with Crippen LogP contribution >= 0.6 is 0 Å². The van der Waals surface area contributed by atoms with Crippen LogP contribution in [0, 0.1) is 40.8 Å². The summed E-state index contributed by atoms with van der Waals surface area (Å²) < 4.78 is 13.8. The molecule has 0 saturated carbocycles. The van der Waals surface area contributed by atoms with Crippen LogP contribution in [-0.2, 0) is 0 Å². The van der Waals surface area contributed by atoms with Crippen molar-refractivity contribution in [3.8, 4) is 12.1 Å². The summed E-state index contributed by atoms with van der Waals surface area (Å²) in [5.41, 5.74) is 2.31. The van der Waals surface area contributed by atoms with E-state index in [1.165, 1.54) is 12.1 Å². The van der Waals surface area contributed by atoms with Crippen molar-refractivity contribution in [2.24, 2.45) is 5.41 Å². The fourth-order valence-corrected chi connectivity index (χ4v) is 5.17. The molecule has 2 aliphatic rings. The van der Waals surface area contributed by atoms with Crippen molar-refractivity contribution in [3.63, 3.8) is 0 Å². The number of benzene rings is 3. The number of carbonyl (C=O) groups excluding carboxylic acids is 1. The number of hydrogen-bond donors (Lipinski definition) is 0. The van der Waals surface area contributed by atoms with Crippen LogP contribution in [-0.4, -0.2) is 17.9 Å². The normalized spacial score (nSPS) is 22.1. The smallest absolute Gasteiger partial charge is 0.185 e. The highest BCUT2D eigenvalue weighted by Gasteiger charge is 2.63.